The third kappa shape index (κ3) is 2.97. The lowest BCUT2D eigenvalue weighted by molar-refractivity contribution is 0.0599. The molecule has 0 N–H and O–H groups in total. The Hall–Kier alpha value is -2.48. The summed E-state index contributed by atoms with van der Waals surface area (Å²) in [6.07, 6.45) is 1.01. The third-order valence-electron chi connectivity index (χ3n) is 4.09. The molecule has 0 atom stereocenters. The predicted octanol–water partition coefficient (Wildman–Crippen LogP) is 2.89. The molecule has 0 radical (unpaired) electrons. The first-order chi connectivity index (χ1) is 11.9. The van der Waals surface area contributed by atoms with E-state index in [4.69, 9.17) is 4.74 Å². The number of halogens is 2. The summed E-state index contributed by atoms with van der Waals surface area (Å²) in [7, 11) is -2.84. The van der Waals surface area contributed by atoms with Gasteiger partial charge in [0, 0.05) is 6.54 Å². The van der Waals surface area contributed by atoms with Gasteiger partial charge in [0.05, 0.1) is 23.3 Å². The van der Waals surface area contributed by atoms with E-state index in [2.05, 4.69) is 0 Å². The molecule has 1 heterocycles. The molecule has 2 aromatic rings. The maximum atomic E-state index is 13.5. The minimum Gasteiger partial charge on any atom is -0.465 e. The number of rotatable bonds is 3. The summed E-state index contributed by atoms with van der Waals surface area (Å²) in [5, 5.41) is 0. The number of esters is 1. The predicted molar refractivity (Wildman–Crippen MR) is 87.0 cm³/mol. The lowest BCUT2D eigenvalue weighted by Crippen LogP contribution is -2.36. The van der Waals surface area contributed by atoms with Crippen molar-refractivity contribution in [2.75, 3.05) is 18.0 Å². The number of nitrogens with zero attached hydrogens (tertiary/aromatic N) is 1. The highest BCUT2D eigenvalue weighted by molar-refractivity contribution is 7.92. The molecule has 5 nitrogen and oxygen atoms in total. The van der Waals surface area contributed by atoms with Gasteiger partial charge in [-0.05, 0) is 48.7 Å². The Labute approximate surface area is 143 Å². The maximum Gasteiger partial charge on any atom is 0.338 e. The Kier molecular flexibility index (Phi) is 4.47. The molecule has 0 bridgehead atoms. The van der Waals surface area contributed by atoms with Crippen LogP contribution >= 0.6 is 0 Å². The van der Waals surface area contributed by atoms with Gasteiger partial charge in [0.25, 0.3) is 10.0 Å². The van der Waals surface area contributed by atoms with E-state index >= 15 is 0 Å². The molecule has 2 aromatic carbocycles. The molecular formula is C17H15F2NO4S. The number of hydrogen-bond acceptors (Lipinski definition) is 4. The molecule has 0 saturated carbocycles. The summed E-state index contributed by atoms with van der Waals surface area (Å²) in [4.78, 5) is 11.6. The van der Waals surface area contributed by atoms with Crippen LogP contribution in [0.3, 0.4) is 0 Å². The first-order valence-corrected chi connectivity index (χ1v) is 8.98. The summed E-state index contributed by atoms with van der Waals surface area (Å²) < 4.78 is 58.2. The lowest BCUT2D eigenvalue weighted by atomic mass is 9.98. The van der Waals surface area contributed by atoms with Crippen LogP contribution in [0.5, 0.6) is 0 Å². The Morgan fingerprint density at radius 3 is 2.60 bits per heavy atom. The van der Waals surface area contributed by atoms with Gasteiger partial charge in [-0.3, -0.25) is 4.31 Å². The van der Waals surface area contributed by atoms with Crippen molar-refractivity contribution in [1.82, 2.24) is 0 Å². The van der Waals surface area contributed by atoms with Crippen molar-refractivity contribution in [3.8, 4) is 0 Å². The first kappa shape index (κ1) is 17.3. The topological polar surface area (TPSA) is 63.7 Å². The molecule has 132 valence electrons. The van der Waals surface area contributed by atoms with Crippen LogP contribution in [0.2, 0.25) is 0 Å². The number of methoxy groups -OCH3 is 1. The van der Waals surface area contributed by atoms with E-state index in [-0.39, 0.29) is 11.4 Å². The van der Waals surface area contributed by atoms with E-state index in [1.165, 1.54) is 7.11 Å². The highest BCUT2D eigenvalue weighted by Gasteiger charge is 2.31. The van der Waals surface area contributed by atoms with Gasteiger partial charge in [-0.1, -0.05) is 6.07 Å². The summed E-state index contributed by atoms with van der Waals surface area (Å²) in [5.41, 5.74) is 1.20. The molecule has 3 rings (SSSR count). The van der Waals surface area contributed by atoms with Crippen molar-refractivity contribution in [2.45, 2.75) is 17.7 Å². The monoisotopic (exact) mass is 367 g/mol. The average molecular weight is 367 g/mol. The molecule has 25 heavy (non-hydrogen) atoms. The normalized spacial score (nSPS) is 14.1. The van der Waals surface area contributed by atoms with Gasteiger partial charge >= 0.3 is 5.97 Å². The van der Waals surface area contributed by atoms with Crippen molar-refractivity contribution in [2.24, 2.45) is 0 Å². The first-order valence-electron chi connectivity index (χ1n) is 7.54. The number of benzene rings is 2. The zero-order valence-corrected chi connectivity index (χ0v) is 14.1. The molecule has 0 aromatic heterocycles. The zero-order chi connectivity index (χ0) is 18.2. The molecule has 8 heteroatoms. The molecule has 0 amide bonds. The van der Waals surface area contributed by atoms with Crippen LogP contribution in [0.1, 0.15) is 22.3 Å². The number of ether oxygens (including phenoxy) is 1. The minimum absolute atomic E-state index is 0.180. The second-order valence-corrected chi connectivity index (χ2v) is 7.41. The number of fused-ring (bicyclic) bond motifs is 1. The van der Waals surface area contributed by atoms with Crippen LogP contribution in [-0.4, -0.2) is 28.0 Å². The van der Waals surface area contributed by atoms with Crippen LogP contribution in [0.25, 0.3) is 0 Å². The highest BCUT2D eigenvalue weighted by atomic mass is 32.2. The maximum absolute atomic E-state index is 13.5. The Balaban J connectivity index is 2.11. The lowest BCUT2D eigenvalue weighted by Gasteiger charge is -2.31. The van der Waals surface area contributed by atoms with Crippen LogP contribution in [0.4, 0.5) is 14.5 Å². The number of sulfonamides is 1. The Bertz CT molecular complexity index is 944. The van der Waals surface area contributed by atoms with Gasteiger partial charge in [-0.2, -0.15) is 0 Å². The van der Waals surface area contributed by atoms with Crippen molar-refractivity contribution in [1.29, 1.82) is 0 Å². The summed E-state index contributed by atoms with van der Waals surface area (Å²) in [5.74, 6) is -2.91. The molecule has 0 spiro atoms. The number of carbonyl (C=O) groups excluding carboxylic acids is 1. The van der Waals surface area contributed by atoms with Gasteiger partial charge in [0.15, 0.2) is 11.6 Å². The van der Waals surface area contributed by atoms with Gasteiger partial charge in [0.2, 0.25) is 0 Å². The summed E-state index contributed by atoms with van der Waals surface area (Å²) in [6, 6.07) is 7.16. The Morgan fingerprint density at radius 2 is 1.92 bits per heavy atom. The number of hydrogen-bond donors (Lipinski definition) is 0. The van der Waals surface area contributed by atoms with Gasteiger partial charge in [-0.25, -0.2) is 22.0 Å². The summed E-state index contributed by atoms with van der Waals surface area (Å²) in [6.45, 7) is 0.180. The van der Waals surface area contributed by atoms with E-state index in [0.29, 0.717) is 35.7 Å². The molecular weight excluding hydrogens is 352 g/mol. The van der Waals surface area contributed by atoms with Gasteiger partial charge in [-0.15, -0.1) is 0 Å². The van der Waals surface area contributed by atoms with E-state index < -0.39 is 27.6 Å². The smallest absolute Gasteiger partial charge is 0.338 e. The van der Waals surface area contributed by atoms with E-state index in [9.17, 15) is 22.0 Å². The quantitative estimate of drug-likeness (QED) is 0.783. The van der Waals surface area contributed by atoms with Crippen molar-refractivity contribution in [3.63, 3.8) is 0 Å². The zero-order valence-electron chi connectivity index (χ0n) is 13.3. The van der Waals surface area contributed by atoms with Gasteiger partial charge < -0.3 is 4.74 Å². The fourth-order valence-corrected chi connectivity index (χ4v) is 4.45. The van der Waals surface area contributed by atoms with Crippen LogP contribution in [0.15, 0.2) is 41.3 Å². The summed E-state index contributed by atoms with van der Waals surface area (Å²) >= 11 is 0. The fraction of sp³-hybridized carbons (Fsp3) is 0.235. The van der Waals surface area contributed by atoms with Crippen molar-refractivity contribution in [3.05, 3.63) is 59.2 Å². The van der Waals surface area contributed by atoms with Crippen molar-refractivity contribution < 1.29 is 26.7 Å². The number of anilines is 1. The average Bonchev–Trinajstić information content (AvgIpc) is 2.62. The molecule has 0 fully saturated rings. The Morgan fingerprint density at radius 1 is 1.16 bits per heavy atom. The standard InChI is InChI=1S/C17H15F2NO4S/c1-24-17(21)13-4-2-6-16-12(13)5-3-9-20(16)25(22,23)11-7-8-14(18)15(19)10-11/h2,4,6-8,10H,3,5,9H2,1H3. The van der Waals surface area contributed by atoms with Crippen LogP contribution in [0, 0.1) is 11.6 Å². The molecule has 1 aliphatic rings. The third-order valence-corrected chi connectivity index (χ3v) is 5.90. The molecule has 0 unspecified atom stereocenters. The molecule has 1 aliphatic heterocycles. The van der Waals surface area contributed by atoms with E-state index in [1.54, 1.807) is 18.2 Å². The minimum atomic E-state index is -4.09. The fourth-order valence-electron chi connectivity index (χ4n) is 2.91. The van der Waals surface area contributed by atoms with Gasteiger partial charge in [0.1, 0.15) is 0 Å². The largest absolute Gasteiger partial charge is 0.465 e. The van der Waals surface area contributed by atoms with E-state index in [1.807, 2.05) is 0 Å². The van der Waals surface area contributed by atoms with Crippen molar-refractivity contribution >= 4 is 21.7 Å². The van der Waals surface area contributed by atoms with Crippen LogP contribution in [-0.2, 0) is 21.2 Å². The number of carbonyl (C=O) groups is 1. The highest BCUT2D eigenvalue weighted by Crippen LogP contribution is 2.34. The SMILES string of the molecule is COC(=O)c1cccc2c1CCCN2S(=O)(=O)c1ccc(F)c(F)c1. The van der Waals surface area contributed by atoms with Crippen LogP contribution < -0.4 is 4.31 Å². The second-order valence-electron chi connectivity index (χ2n) is 5.55. The van der Waals surface area contributed by atoms with E-state index in [0.717, 1.165) is 16.4 Å². The second kappa shape index (κ2) is 6.44. The molecule has 0 saturated heterocycles. The molecule has 0 aliphatic carbocycles.